The lowest BCUT2D eigenvalue weighted by molar-refractivity contribution is 0.0697. The number of nitrogens with zero attached hydrogens (tertiary/aromatic N) is 1. The molecule has 1 atom stereocenters. The van der Waals surface area contributed by atoms with E-state index in [1.165, 1.54) is 0 Å². The number of carbonyl (C=O) groups is 1. The third-order valence-electron chi connectivity index (χ3n) is 2.79. The molecule has 2 N–H and O–H groups in total. The zero-order valence-corrected chi connectivity index (χ0v) is 11.4. The van der Waals surface area contributed by atoms with Crippen LogP contribution < -0.4 is 5.32 Å². The number of benzene rings is 1. The van der Waals surface area contributed by atoms with Gasteiger partial charge < -0.3 is 10.4 Å². The molecule has 104 valence electrons. The molecular formula is C14H12ClFN2O2. The molecule has 2 rings (SSSR count). The van der Waals surface area contributed by atoms with Crippen LogP contribution in [0.1, 0.15) is 28.9 Å². The van der Waals surface area contributed by atoms with E-state index < -0.39 is 11.8 Å². The summed E-state index contributed by atoms with van der Waals surface area (Å²) >= 11 is 5.91. The monoisotopic (exact) mass is 294 g/mol. The number of anilines is 1. The highest BCUT2D eigenvalue weighted by Gasteiger charge is 2.15. The van der Waals surface area contributed by atoms with Crippen LogP contribution in [-0.2, 0) is 0 Å². The summed E-state index contributed by atoms with van der Waals surface area (Å²) in [6, 6.07) is 7.88. The van der Waals surface area contributed by atoms with Crippen molar-refractivity contribution < 1.29 is 14.3 Å². The fourth-order valence-electron chi connectivity index (χ4n) is 1.78. The molecule has 0 spiro atoms. The molecule has 2 aromatic rings. The van der Waals surface area contributed by atoms with Crippen LogP contribution in [0.2, 0.25) is 5.02 Å². The van der Waals surface area contributed by atoms with E-state index in [0.717, 1.165) is 17.8 Å². The van der Waals surface area contributed by atoms with Gasteiger partial charge in [-0.3, -0.25) is 0 Å². The van der Waals surface area contributed by atoms with Crippen LogP contribution in [0.4, 0.5) is 10.2 Å². The van der Waals surface area contributed by atoms with E-state index in [2.05, 4.69) is 10.3 Å². The summed E-state index contributed by atoms with van der Waals surface area (Å²) in [7, 11) is 0. The largest absolute Gasteiger partial charge is 0.478 e. The van der Waals surface area contributed by atoms with Crippen molar-refractivity contribution in [1.82, 2.24) is 4.98 Å². The van der Waals surface area contributed by atoms with Crippen LogP contribution in [0.25, 0.3) is 0 Å². The van der Waals surface area contributed by atoms with Crippen molar-refractivity contribution in [3.05, 3.63) is 58.5 Å². The maximum absolute atomic E-state index is 13.0. The first kappa shape index (κ1) is 14.3. The summed E-state index contributed by atoms with van der Waals surface area (Å²) in [5.74, 6) is -1.81. The number of hydrogen-bond acceptors (Lipinski definition) is 3. The second kappa shape index (κ2) is 5.88. The SMILES string of the molecule is CC(Nc1ncc(F)cc1C(=O)O)c1cccc(Cl)c1. The van der Waals surface area contributed by atoms with E-state index in [9.17, 15) is 9.18 Å². The Balaban J connectivity index is 2.28. The van der Waals surface area contributed by atoms with Crippen LogP contribution in [0, 0.1) is 5.82 Å². The number of hydrogen-bond donors (Lipinski definition) is 2. The first-order valence-corrected chi connectivity index (χ1v) is 6.26. The second-order valence-electron chi connectivity index (χ2n) is 4.28. The molecule has 1 heterocycles. The molecule has 0 aliphatic carbocycles. The van der Waals surface area contributed by atoms with Gasteiger partial charge >= 0.3 is 5.97 Å². The van der Waals surface area contributed by atoms with Gasteiger partial charge in [-0.2, -0.15) is 0 Å². The maximum atomic E-state index is 13.0. The van der Waals surface area contributed by atoms with Crippen molar-refractivity contribution in [2.75, 3.05) is 5.32 Å². The molecule has 0 bridgehead atoms. The normalized spacial score (nSPS) is 11.9. The molecule has 0 fully saturated rings. The lowest BCUT2D eigenvalue weighted by atomic mass is 10.1. The molecule has 6 heteroatoms. The van der Waals surface area contributed by atoms with Crippen molar-refractivity contribution in [3.63, 3.8) is 0 Å². The first-order chi connectivity index (χ1) is 9.47. The summed E-state index contributed by atoms with van der Waals surface area (Å²) < 4.78 is 13.0. The highest BCUT2D eigenvalue weighted by Crippen LogP contribution is 2.23. The van der Waals surface area contributed by atoms with Crippen LogP contribution in [0.5, 0.6) is 0 Å². The molecule has 0 radical (unpaired) electrons. The molecule has 20 heavy (non-hydrogen) atoms. The summed E-state index contributed by atoms with van der Waals surface area (Å²) in [4.78, 5) is 14.9. The number of aromatic nitrogens is 1. The summed E-state index contributed by atoms with van der Waals surface area (Å²) in [6.45, 7) is 1.84. The Morgan fingerprint density at radius 1 is 1.45 bits per heavy atom. The summed E-state index contributed by atoms with van der Waals surface area (Å²) in [5, 5.41) is 12.6. The third kappa shape index (κ3) is 3.24. The Kier molecular flexibility index (Phi) is 4.20. The van der Waals surface area contributed by atoms with Gasteiger partial charge in [0.15, 0.2) is 0 Å². The van der Waals surface area contributed by atoms with Gasteiger partial charge in [0.05, 0.1) is 12.2 Å². The number of halogens is 2. The van der Waals surface area contributed by atoms with Crippen molar-refractivity contribution in [1.29, 1.82) is 0 Å². The average Bonchev–Trinajstić information content (AvgIpc) is 2.40. The molecule has 0 saturated carbocycles. The summed E-state index contributed by atoms with van der Waals surface area (Å²) in [5.41, 5.74) is 0.666. The lowest BCUT2D eigenvalue weighted by Gasteiger charge is -2.16. The lowest BCUT2D eigenvalue weighted by Crippen LogP contribution is -2.12. The Bertz CT molecular complexity index is 649. The van der Waals surface area contributed by atoms with Gasteiger partial charge in [0.25, 0.3) is 0 Å². The van der Waals surface area contributed by atoms with Crippen molar-refractivity contribution in [2.24, 2.45) is 0 Å². The maximum Gasteiger partial charge on any atom is 0.339 e. The highest BCUT2D eigenvalue weighted by molar-refractivity contribution is 6.30. The van der Waals surface area contributed by atoms with Gasteiger partial charge in [0.1, 0.15) is 17.2 Å². The number of carboxylic acids is 1. The predicted octanol–water partition coefficient (Wildman–Crippen LogP) is 3.75. The Morgan fingerprint density at radius 3 is 2.85 bits per heavy atom. The first-order valence-electron chi connectivity index (χ1n) is 5.88. The number of nitrogens with one attached hydrogen (secondary N) is 1. The molecule has 1 unspecified atom stereocenters. The Morgan fingerprint density at radius 2 is 2.20 bits per heavy atom. The van der Waals surface area contributed by atoms with E-state index in [0.29, 0.717) is 5.02 Å². The van der Waals surface area contributed by atoms with Gasteiger partial charge in [0, 0.05) is 5.02 Å². The quantitative estimate of drug-likeness (QED) is 0.901. The molecule has 0 amide bonds. The van der Waals surface area contributed by atoms with Crippen molar-refractivity contribution in [3.8, 4) is 0 Å². The van der Waals surface area contributed by atoms with Gasteiger partial charge in [-0.25, -0.2) is 14.2 Å². The molecule has 4 nitrogen and oxygen atoms in total. The van der Waals surface area contributed by atoms with Gasteiger partial charge in [0.2, 0.25) is 0 Å². The van der Waals surface area contributed by atoms with Gasteiger partial charge in [-0.15, -0.1) is 0 Å². The molecule has 0 saturated heterocycles. The van der Waals surface area contributed by atoms with Gasteiger partial charge in [-0.1, -0.05) is 23.7 Å². The molecule has 0 aliphatic heterocycles. The number of carboxylic acid groups (broad SMARTS) is 1. The van der Waals surface area contributed by atoms with Crippen LogP contribution in [0.3, 0.4) is 0 Å². The van der Waals surface area contributed by atoms with Crippen LogP contribution in [-0.4, -0.2) is 16.1 Å². The number of pyridine rings is 1. The second-order valence-corrected chi connectivity index (χ2v) is 4.71. The van der Waals surface area contributed by atoms with Crippen molar-refractivity contribution >= 4 is 23.4 Å². The van der Waals surface area contributed by atoms with Crippen LogP contribution in [0.15, 0.2) is 36.5 Å². The Hall–Kier alpha value is -2.14. The minimum absolute atomic E-state index is 0.117. The van der Waals surface area contributed by atoms with E-state index >= 15 is 0 Å². The molecule has 1 aromatic heterocycles. The topological polar surface area (TPSA) is 62.2 Å². The zero-order chi connectivity index (χ0) is 14.7. The van der Waals surface area contributed by atoms with Gasteiger partial charge in [-0.05, 0) is 30.7 Å². The zero-order valence-electron chi connectivity index (χ0n) is 10.6. The molecular weight excluding hydrogens is 283 g/mol. The highest BCUT2D eigenvalue weighted by atomic mass is 35.5. The number of rotatable bonds is 4. The standard InChI is InChI=1S/C14H12ClFN2O2/c1-8(9-3-2-4-10(15)5-9)18-13-12(14(19)20)6-11(16)7-17-13/h2-8H,1H3,(H,17,18)(H,19,20). The third-order valence-corrected chi connectivity index (χ3v) is 3.02. The Labute approximate surface area is 120 Å². The number of aromatic carboxylic acids is 1. The minimum atomic E-state index is -1.24. The van der Waals surface area contributed by atoms with E-state index in [1.54, 1.807) is 18.2 Å². The van der Waals surface area contributed by atoms with E-state index in [-0.39, 0.29) is 17.4 Å². The van der Waals surface area contributed by atoms with Crippen molar-refractivity contribution in [2.45, 2.75) is 13.0 Å². The fourth-order valence-corrected chi connectivity index (χ4v) is 1.98. The van der Waals surface area contributed by atoms with E-state index in [4.69, 9.17) is 16.7 Å². The average molecular weight is 295 g/mol. The van der Waals surface area contributed by atoms with Crippen LogP contribution >= 0.6 is 11.6 Å². The fraction of sp³-hybridized carbons (Fsp3) is 0.143. The smallest absolute Gasteiger partial charge is 0.339 e. The molecule has 1 aromatic carbocycles. The molecule has 0 aliphatic rings. The van der Waals surface area contributed by atoms with E-state index in [1.807, 2.05) is 13.0 Å². The predicted molar refractivity (Wildman–Crippen MR) is 74.6 cm³/mol. The minimum Gasteiger partial charge on any atom is -0.478 e. The summed E-state index contributed by atoms with van der Waals surface area (Å²) in [6.07, 6.45) is 0.972.